The summed E-state index contributed by atoms with van der Waals surface area (Å²) in [7, 11) is 1.61. The molecule has 0 saturated heterocycles. The molecule has 2 N–H and O–H groups in total. The monoisotopic (exact) mass is 414 g/mol. The van der Waals surface area contributed by atoms with Crippen LogP contribution in [0.1, 0.15) is 17.0 Å². The Bertz CT molecular complexity index is 1410. The van der Waals surface area contributed by atoms with Crippen molar-refractivity contribution in [3.63, 3.8) is 0 Å². The Balaban J connectivity index is 1.80. The molecule has 6 nitrogen and oxygen atoms in total. The third-order valence-electron chi connectivity index (χ3n) is 5.27. The number of hydrogen-bond acceptors (Lipinski definition) is 6. The molecule has 0 fully saturated rings. The molecule has 4 aromatic rings. The summed E-state index contributed by atoms with van der Waals surface area (Å²) >= 11 is 6.59. The Hall–Kier alpha value is -3.82. The fourth-order valence-electron chi connectivity index (χ4n) is 3.85. The van der Waals surface area contributed by atoms with Crippen LogP contribution in [0.15, 0.2) is 66.2 Å². The van der Waals surface area contributed by atoms with Crippen molar-refractivity contribution < 1.29 is 9.47 Å². The Morgan fingerprint density at radius 1 is 1.13 bits per heavy atom. The number of aromatic nitrogens is 2. The maximum absolute atomic E-state index is 9.85. The second kappa shape index (κ2) is 6.90. The normalized spacial score (nSPS) is 15.6. The molecule has 0 radical (unpaired) electrons. The van der Waals surface area contributed by atoms with Gasteiger partial charge in [-0.15, -0.1) is 0 Å². The van der Waals surface area contributed by atoms with Crippen LogP contribution in [-0.4, -0.2) is 17.1 Å². The van der Waals surface area contributed by atoms with Crippen molar-refractivity contribution >= 4 is 33.4 Å². The first kappa shape index (κ1) is 18.2. The fraction of sp³-hybridized carbons (Fsp3) is 0.0870. The largest absolute Gasteiger partial charge is 0.497 e. The zero-order chi connectivity index (χ0) is 20.8. The van der Waals surface area contributed by atoms with Crippen LogP contribution < -0.4 is 15.2 Å². The lowest BCUT2D eigenvalue weighted by Crippen LogP contribution is -2.21. The average Bonchev–Trinajstić information content (AvgIpc) is 2.77. The summed E-state index contributed by atoms with van der Waals surface area (Å²) in [6, 6.07) is 17.3. The summed E-state index contributed by atoms with van der Waals surface area (Å²) in [6.45, 7) is 0. The lowest BCUT2D eigenvalue weighted by atomic mass is 9.83. The summed E-state index contributed by atoms with van der Waals surface area (Å²) in [5.41, 5.74) is 9.26. The van der Waals surface area contributed by atoms with E-state index < -0.39 is 5.92 Å². The molecule has 0 aliphatic carbocycles. The quantitative estimate of drug-likeness (QED) is 0.479. The van der Waals surface area contributed by atoms with Crippen molar-refractivity contribution in [2.75, 3.05) is 7.11 Å². The first-order valence-corrected chi connectivity index (χ1v) is 9.58. The van der Waals surface area contributed by atoms with Crippen LogP contribution in [0.3, 0.4) is 0 Å². The van der Waals surface area contributed by atoms with Gasteiger partial charge in [-0.1, -0.05) is 29.8 Å². The van der Waals surface area contributed by atoms with Crippen LogP contribution in [0.4, 0.5) is 0 Å². The van der Waals surface area contributed by atoms with Crippen LogP contribution in [0.2, 0.25) is 5.15 Å². The Morgan fingerprint density at radius 2 is 2.00 bits per heavy atom. The summed E-state index contributed by atoms with van der Waals surface area (Å²) in [4.78, 5) is 8.99. The number of rotatable bonds is 2. The molecule has 1 atom stereocenters. The van der Waals surface area contributed by atoms with E-state index in [4.69, 9.17) is 26.8 Å². The Kier molecular flexibility index (Phi) is 4.19. The highest BCUT2D eigenvalue weighted by Crippen LogP contribution is 2.46. The molecule has 0 amide bonds. The van der Waals surface area contributed by atoms with Gasteiger partial charge in [0.15, 0.2) is 5.75 Å². The van der Waals surface area contributed by atoms with Gasteiger partial charge in [-0.05, 0) is 30.3 Å². The minimum Gasteiger partial charge on any atom is -0.497 e. The molecule has 1 aliphatic rings. The molecule has 7 heteroatoms. The van der Waals surface area contributed by atoms with Crippen molar-refractivity contribution in [2.45, 2.75) is 5.92 Å². The van der Waals surface area contributed by atoms with Crippen molar-refractivity contribution in [2.24, 2.45) is 5.73 Å². The van der Waals surface area contributed by atoms with Gasteiger partial charge in [-0.3, -0.25) is 4.98 Å². The van der Waals surface area contributed by atoms with E-state index in [1.165, 1.54) is 0 Å². The van der Waals surface area contributed by atoms with Gasteiger partial charge in [0.25, 0.3) is 0 Å². The number of nitrogens with zero attached hydrogens (tertiary/aromatic N) is 3. The van der Waals surface area contributed by atoms with Gasteiger partial charge in [0.05, 0.1) is 18.5 Å². The van der Waals surface area contributed by atoms with E-state index in [0.29, 0.717) is 27.7 Å². The van der Waals surface area contributed by atoms with Gasteiger partial charge in [0.1, 0.15) is 28.1 Å². The molecule has 3 heterocycles. The third kappa shape index (κ3) is 2.71. The fourth-order valence-corrected chi connectivity index (χ4v) is 4.11. The number of benzene rings is 2. The van der Waals surface area contributed by atoms with Crippen LogP contribution in [-0.2, 0) is 0 Å². The first-order chi connectivity index (χ1) is 14.6. The molecule has 0 spiro atoms. The predicted molar refractivity (Wildman–Crippen MR) is 114 cm³/mol. The topological polar surface area (TPSA) is 94.0 Å². The maximum atomic E-state index is 9.85. The second-order valence-electron chi connectivity index (χ2n) is 6.91. The summed E-state index contributed by atoms with van der Waals surface area (Å²) < 4.78 is 11.2. The molecule has 1 aliphatic heterocycles. The van der Waals surface area contributed by atoms with E-state index >= 15 is 0 Å². The third-order valence-corrected chi connectivity index (χ3v) is 5.57. The lowest BCUT2D eigenvalue weighted by molar-refractivity contribution is 0.397. The number of allylic oxidation sites excluding steroid dienone is 1. The predicted octanol–water partition coefficient (Wildman–Crippen LogP) is 4.66. The summed E-state index contributed by atoms with van der Waals surface area (Å²) in [6.07, 6.45) is 1.69. The molecule has 2 aromatic heterocycles. The van der Waals surface area contributed by atoms with Gasteiger partial charge >= 0.3 is 0 Å². The van der Waals surface area contributed by atoms with Crippen LogP contribution in [0.25, 0.3) is 21.8 Å². The summed E-state index contributed by atoms with van der Waals surface area (Å²) in [5, 5.41) is 11.9. The van der Waals surface area contributed by atoms with Crippen LogP contribution in [0.5, 0.6) is 11.5 Å². The minimum atomic E-state index is -0.527. The van der Waals surface area contributed by atoms with Gasteiger partial charge < -0.3 is 15.2 Å². The number of pyridine rings is 2. The highest BCUT2D eigenvalue weighted by atomic mass is 35.5. The van der Waals surface area contributed by atoms with E-state index in [1.54, 1.807) is 13.3 Å². The molecule has 30 heavy (non-hydrogen) atoms. The second-order valence-corrected chi connectivity index (χ2v) is 7.27. The smallest absolute Gasteiger partial charge is 0.205 e. The number of methoxy groups -OCH3 is 1. The van der Waals surface area contributed by atoms with Gasteiger partial charge in [0, 0.05) is 28.1 Å². The standard InChI is InChI=1S/C23H15ClN4O2/c1-29-14-5-7-18-13(9-14)10-16(22(24)28-18)19-15-6-4-12-3-2-8-27-20(12)21(15)30-23(26)17(19)11-25/h2-10,19H,26H2,1H3/t19-/m1/s1. The molecule has 2 aromatic carbocycles. The Labute approximate surface area is 177 Å². The number of ether oxygens (including phenoxy) is 2. The highest BCUT2D eigenvalue weighted by molar-refractivity contribution is 6.30. The van der Waals surface area contributed by atoms with Crippen molar-refractivity contribution in [3.8, 4) is 17.6 Å². The first-order valence-electron chi connectivity index (χ1n) is 9.20. The lowest BCUT2D eigenvalue weighted by Gasteiger charge is -2.27. The Morgan fingerprint density at radius 3 is 2.80 bits per heavy atom. The van der Waals surface area contributed by atoms with E-state index in [-0.39, 0.29) is 11.5 Å². The zero-order valence-electron chi connectivity index (χ0n) is 15.9. The SMILES string of the molecule is COc1ccc2nc(Cl)c([C@@H]3C(C#N)=C(N)Oc4c3ccc3cccnc43)cc2c1. The van der Waals surface area contributed by atoms with Crippen molar-refractivity contribution in [1.29, 1.82) is 5.26 Å². The number of halogens is 1. The maximum Gasteiger partial charge on any atom is 0.205 e. The molecule has 5 rings (SSSR count). The van der Waals surface area contributed by atoms with Crippen LogP contribution in [0, 0.1) is 11.3 Å². The number of hydrogen-bond donors (Lipinski definition) is 1. The molecule has 0 bridgehead atoms. The van der Waals surface area contributed by atoms with Gasteiger partial charge in [0.2, 0.25) is 5.88 Å². The van der Waals surface area contributed by atoms with E-state index in [0.717, 1.165) is 21.9 Å². The number of nitrogens with two attached hydrogens (primary N) is 1. The van der Waals surface area contributed by atoms with Gasteiger partial charge in [-0.25, -0.2) is 4.98 Å². The molecule has 0 unspecified atom stereocenters. The molecule has 146 valence electrons. The van der Waals surface area contributed by atoms with E-state index in [1.807, 2.05) is 48.5 Å². The molecule has 0 saturated carbocycles. The molecular weight excluding hydrogens is 400 g/mol. The zero-order valence-corrected chi connectivity index (χ0v) is 16.6. The average molecular weight is 415 g/mol. The van der Waals surface area contributed by atoms with E-state index in [9.17, 15) is 5.26 Å². The van der Waals surface area contributed by atoms with E-state index in [2.05, 4.69) is 16.0 Å². The molecular formula is C23H15ClN4O2. The minimum absolute atomic E-state index is 0.0370. The van der Waals surface area contributed by atoms with Crippen LogP contribution >= 0.6 is 11.6 Å². The highest BCUT2D eigenvalue weighted by Gasteiger charge is 2.34. The number of nitriles is 1. The van der Waals surface area contributed by atoms with Gasteiger partial charge in [-0.2, -0.15) is 5.26 Å². The number of fused-ring (bicyclic) bond motifs is 4. The van der Waals surface area contributed by atoms with Crippen molar-refractivity contribution in [3.05, 3.63) is 82.5 Å². The van der Waals surface area contributed by atoms with Crippen molar-refractivity contribution in [1.82, 2.24) is 9.97 Å². The summed E-state index contributed by atoms with van der Waals surface area (Å²) in [5.74, 6) is 0.739.